The molecule has 0 saturated heterocycles. The van der Waals surface area contributed by atoms with Crippen LogP contribution in [0.2, 0.25) is 0 Å². The SMILES string of the molecule is CC1(C)c2ccccc2-c2cc(-c3ccc(-c4ccc(-c5nc(-c6ccc7ncccc7c6)nc(-c6ccc7ncccc7c6)n5)cc4)cc3)ccc21. The van der Waals surface area contributed by atoms with Crippen molar-refractivity contribution in [3.05, 3.63) is 175 Å². The van der Waals surface area contributed by atoms with E-state index in [1.807, 2.05) is 48.8 Å². The van der Waals surface area contributed by atoms with E-state index < -0.39 is 0 Å². The molecule has 0 N–H and O–H groups in total. The summed E-state index contributed by atoms with van der Waals surface area (Å²) in [6, 6.07) is 53.3. The van der Waals surface area contributed by atoms with E-state index in [4.69, 9.17) is 15.0 Å². The molecular formula is C48H33N5. The average Bonchev–Trinajstić information content (AvgIpc) is 3.45. The summed E-state index contributed by atoms with van der Waals surface area (Å²) in [5.41, 5.74) is 14.8. The van der Waals surface area contributed by atoms with E-state index in [1.165, 1.54) is 33.4 Å². The second-order valence-electron chi connectivity index (χ2n) is 14.2. The third kappa shape index (κ3) is 5.37. The van der Waals surface area contributed by atoms with Gasteiger partial charge in [0.05, 0.1) is 11.0 Å². The maximum absolute atomic E-state index is 5.01. The van der Waals surface area contributed by atoms with Crippen molar-refractivity contribution in [2.75, 3.05) is 0 Å². The Labute approximate surface area is 307 Å². The second-order valence-corrected chi connectivity index (χ2v) is 14.2. The third-order valence-corrected chi connectivity index (χ3v) is 10.6. The molecule has 1 aliphatic rings. The minimum absolute atomic E-state index is 0.00716. The molecule has 0 bridgehead atoms. The molecule has 3 heterocycles. The average molecular weight is 680 g/mol. The Hall–Kier alpha value is -6.85. The third-order valence-electron chi connectivity index (χ3n) is 10.6. The van der Waals surface area contributed by atoms with Crippen LogP contribution in [-0.2, 0) is 5.41 Å². The van der Waals surface area contributed by atoms with Crippen LogP contribution in [0.15, 0.2) is 164 Å². The zero-order valence-corrected chi connectivity index (χ0v) is 29.3. The van der Waals surface area contributed by atoms with Crippen LogP contribution in [0.25, 0.3) is 89.4 Å². The molecule has 1 aliphatic carbocycles. The first-order valence-corrected chi connectivity index (χ1v) is 17.9. The van der Waals surface area contributed by atoms with Crippen molar-refractivity contribution in [1.29, 1.82) is 0 Å². The van der Waals surface area contributed by atoms with Crippen LogP contribution >= 0.6 is 0 Å². The molecule has 0 fully saturated rings. The van der Waals surface area contributed by atoms with Crippen molar-refractivity contribution in [3.63, 3.8) is 0 Å². The summed E-state index contributed by atoms with van der Waals surface area (Å²) in [6.07, 6.45) is 3.61. The maximum atomic E-state index is 5.01. The van der Waals surface area contributed by atoms with E-state index in [0.717, 1.165) is 49.6 Å². The molecule has 0 spiro atoms. The Bertz CT molecular complexity index is 2760. The van der Waals surface area contributed by atoms with E-state index in [1.54, 1.807) is 0 Å². The van der Waals surface area contributed by atoms with Gasteiger partial charge in [0.15, 0.2) is 17.5 Å². The number of benzene rings is 6. The molecule has 10 rings (SSSR count). The smallest absolute Gasteiger partial charge is 0.164 e. The van der Waals surface area contributed by atoms with Crippen molar-refractivity contribution in [2.45, 2.75) is 19.3 Å². The van der Waals surface area contributed by atoms with Crippen molar-refractivity contribution < 1.29 is 0 Å². The van der Waals surface area contributed by atoms with Crippen LogP contribution in [0, 0.1) is 0 Å². The van der Waals surface area contributed by atoms with Gasteiger partial charge in [0.2, 0.25) is 0 Å². The highest BCUT2D eigenvalue weighted by Crippen LogP contribution is 2.49. The normalized spacial score (nSPS) is 12.9. The molecule has 5 nitrogen and oxygen atoms in total. The Morgan fingerprint density at radius 1 is 0.358 bits per heavy atom. The maximum Gasteiger partial charge on any atom is 0.164 e. The van der Waals surface area contributed by atoms with Gasteiger partial charge in [-0.15, -0.1) is 0 Å². The molecule has 6 aromatic carbocycles. The highest BCUT2D eigenvalue weighted by Gasteiger charge is 2.35. The number of aromatic nitrogens is 5. The first-order chi connectivity index (χ1) is 26.0. The molecule has 3 aromatic heterocycles. The molecule has 53 heavy (non-hydrogen) atoms. The predicted octanol–water partition coefficient (Wildman–Crippen LogP) is 11.6. The molecule has 0 unspecified atom stereocenters. The van der Waals surface area contributed by atoms with E-state index in [2.05, 4.69) is 139 Å². The van der Waals surface area contributed by atoms with Gasteiger partial charge in [-0.1, -0.05) is 111 Å². The van der Waals surface area contributed by atoms with Crippen LogP contribution in [0.1, 0.15) is 25.0 Å². The van der Waals surface area contributed by atoms with Gasteiger partial charge in [-0.05, 0) is 99.1 Å². The van der Waals surface area contributed by atoms with Crippen LogP contribution in [0.3, 0.4) is 0 Å². The summed E-state index contributed by atoms with van der Waals surface area (Å²) >= 11 is 0. The molecule has 0 amide bonds. The highest BCUT2D eigenvalue weighted by molar-refractivity contribution is 5.87. The van der Waals surface area contributed by atoms with E-state index in [-0.39, 0.29) is 5.41 Å². The summed E-state index contributed by atoms with van der Waals surface area (Å²) < 4.78 is 0. The standard InChI is InChI=1S/C48H33N5/c1-48(2)41-10-4-3-9-39(41)40-29-34(19-22-42(40)48)32-13-11-30(12-14-32)31-15-17-33(18-16-31)45-51-46(37-20-23-43-35(27-37)7-5-25-49-43)53-47(52-45)38-21-24-44-36(28-38)8-6-26-50-44/h3-29H,1-2H3. The second kappa shape index (κ2) is 12.1. The number of rotatable bonds is 5. The van der Waals surface area contributed by atoms with E-state index >= 15 is 0 Å². The lowest BCUT2D eigenvalue weighted by molar-refractivity contribution is 0.660. The van der Waals surface area contributed by atoms with Crippen LogP contribution in [-0.4, -0.2) is 24.9 Å². The zero-order chi connectivity index (χ0) is 35.5. The number of nitrogens with zero attached hydrogens (tertiary/aromatic N) is 5. The van der Waals surface area contributed by atoms with E-state index in [9.17, 15) is 0 Å². The molecule has 5 heteroatoms. The summed E-state index contributed by atoms with van der Waals surface area (Å²) in [5.74, 6) is 1.84. The lowest BCUT2D eigenvalue weighted by Crippen LogP contribution is -2.14. The number of pyridine rings is 2. The Balaban J connectivity index is 0.987. The largest absolute Gasteiger partial charge is 0.256 e. The fourth-order valence-corrected chi connectivity index (χ4v) is 7.76. The minimum atomic E-state index is 0.00716. The van der Waals surface area contributed by atoms with E-state index in [0.29, 0.717) is 17.5 Å². The Morgan fingerprint density at radius 2 is 0.811 bits per heavy atom. The van der Waals surface area contributed by atoms with Gasteiger partial charge in [0, 0.05) is 45.3 Å². The van der Waals surface area contributed by atoms with Gasteiger partial charge in [-0.25, -0.2) is 15.0 Å². The fourth-order valence-electron chi connectivity index (χ4n) is 7.76. The first kappa shape index (κ1) is 30.9. The Morgan fingerprint density at radius 3 is 1.40 bits per heavy atom. The van der Waals surface area contributed by atoms with Crippen molar-refractivity contribution >= 4 is 21.8 Å². The highest BCUT2D eigenvalue weighted by atomic mass is 15.0. The lowest BCUT2D eigenvalue weighted by Gasteiger charge is -2.21. The molecule has 0 radical (unpaired) electrons. The van der Waals surface area contributed by atoms with Gasteiger partial charge in [0.1, 0.15) is 0 Å². The quantitative estimate of drug-likeness (QED) is 0.181. The molecule has 0 aliphatic heterocycles. The van der Waals surface area contributed by atoms with Gasteiger partial charge in [-0.3, -0.25) is 9.97 Å². The minimum Gasteiger partial charge on any atom is -0.256 e. The topological polar surface area (TPSA) is 64.5 Å². The van der Waals surface area contributed by atoms with Crippen LogP contribution in [0.5, 0.6) is 0 Å². The number of hydrogen-bond donors (Lipinski definition) is 0. The van der Waals surface area contributed by atoms with Gasteiger partial charge < -0.3 is 0 Å². The van der Waals surface area contributed by atoms with Gasteiger partial charge >= 0.3 is 0 Å². The van der Waals surface area contributed by atoms with Crippen LogP contribution < -0.4 is 0 Å². The van der Waals surface area contributed by atoms with Crippen molar-refractivity contribution in [1.82, 2.24) is 24.9 Å². The summed E-state index contributed by atoms with van der Waals surface area (Å²) in [4.78, 5) is 24.0. The number of hydrogen-bond acceptors (Lipinski definition) is 5. The molecule has 0 saturated carbocycles. The fraction of sp³-hybridized carbons (Fsp3) is 0.0625. The van der Waals surface area contributed by atoms with Crippen molar-refractivity contribution in [3.8, 4) is 67.5 Å². The summed E-state index contributed by atoms with van der Waals surface area (Å²) in [7, 11) is 0. The summed E-state index contributed by atoms with van der Waals surface area (Å²) in [5, 5.41) is 2.07. The van der Waals surface area contributed by atoms with Crippen LogP contribution in [0.4, 0.5) is 0 Å². The molecular weight excluding hydrogens is 647 g/mol. The monoisotopic (exact) mass is 679 g/mol. The first-order valence-electron chi connectivity index (χ1n) is 17.9. The van der Waals surface area contributed by atoms with Gasteiger partial charge in [-0.2, -0.15) is 0 Å². The lowest BCUT2D eigenvalue weighted by atomic mass is 9.82. The van der Waals surface area contributed by atoms with Crippen molar-refractivity contribution in [2.24, 2.45) is 0 Å². The number of fused-ring (bicyclic) bond motifs is 5. The van der Waals surface area contributed by atoms with Gasteiger partial charge in [0.25, 0.3) is 0 Å². The summed E-state index contributed by atoms with van der Waals surface area (Å²) in [6.45, 7) is 4.64. The Kier molecular flexibility index (Phi) is 7.08. The predicted molar refractivity (Wildman–Crippen MR) is 215 cm³/mol. The molecule has 9 aromatic rings. The zero-order valence-electron chi connectivity index (χ0n) is 29.3. The molecule has 250 valence electrons. The molecule has 0 atom stereocenters.